The van der Waals surface area contributed by atoms with E-state index in [1.54, 1.807) is 0 Å². The Kier molecular flexibility index (Phi) is 11.2. The van der Waals surface area contributed by atoms with E-state index in [2.05, 4.69) is 30.6 Å². The minimum atomic E-state index is 0. The van der Waals surface area contributed by atoms with Crippen molar-refractivity contribution in [3.63, 3.8) is 0 Å². The largest absolute Gasteiger partial charge is 1.00 e. The Morgan fingerprint density at radius 2 is 1.67 bits per heavy atom. The molecule has 1 heterocycles. The summed E-state index contributed by atoms with van der Waals surface area (Å²) in [7, 11) is 0. The van der Waals surface area contributed by atoms with Crippen LogP contribution < -0.4 is 21.5 Å². The van der Waals surface area contributed by atoms with Crippen LogP contribution >= 0.6 is 0 Å². The SMILES string of the molecule is C=Cn1cc[n+](CCCCCCCCCC)c1.[Br-]. The topological polar surface area (TPSA) is 8.81 Å². The average molecular weight is 315 g/mol. The lowest BCUT2D eigenvalue weighted by molar-refractivity contribution is -0.696. The molecule has 0 aliphatic heterocycles. The summed E-state index contributed by atoms with van der Waals surface area (Å²) in [5.41, 5.74) is 0. The first kappa shape index (κ1) is 17.4. The van der Waals surface area contributed by atoms with Crippen LogP contribution in [0.15, 0.2) is 25.3 Å². The standard InChI is InChI=1S/C15H27N2.BrH/c1-3-5-6-7-8-9-10-11-12-17-14-13-16(4-2)15-17;/h4,13-15H,2-3,5-12H2,1H3;1H/q+1;/p-1. The summed E-state index contributed by atoms with van der Waals surface area (Å²) in [6, 6.07) is 0. The highest BCUT2D eigenvalue weighted by atomic mass is 79.9. The fourth-order valence-corrected chi connectivity index (χ4v) is 2.08. The lowest BCUT2D eigenvalue weighted by atomic mass is 10.1. The second-order valence-electron chi connectivity index (χ2n) is 4.76. The normalized spacial score (nSPS) is 10.1. The molecule has 1 aromatic rings. The van der Waals surface area contributed by atoms with E-state index in [-0.39, 0.29) is 17.0 Å². The highest BCUT2D eigenvalue weighted by molar-refractivity contribution is 5.12. The van der Waals surface area contributed by atoms with E-state index in [1.165, 1.54) is 51.4 Å². The van der Waals surface area contributed by atoms with E-state index in [9.17, 15) is 0 Å². The number of rotatable bonds is 10. The molecule has 0 aliphatic rings. The lowest BCUT2D eigenvalue weighted by Crippen LogP contribution is -3.00. The number of hydrogen-bond acceptors (Lipinski definition) is 0. The first-order valence-electron chi connectivity index (χ1n) is 7.06. The van der Waals surface area contributed by atoms with Crippen molar-refractivity contribution in [2.24, 2.45) is 0 Å². The molecule has 3 heteroatoms. The quantitative estimate of drug-likeness (QED) is 0.450. The lowest BCUT2D eigenvalue weighted by Gasteiger charge is -2.00. The van der Waals surface area contributed by atoms with Crippen molar-refractivity contribution < 1.29 is 21.5 Å². The molecular formula is C15H27BrN2. The van der Waals surface area contributed by atoms with E-state index in [0.29, 0.717) is 0 Å². The number of nitrogens with zero attached hydrogens (tertiary/aromatic N) is 2. The van der Waals surface area contributed by atoms with Crippen molar-refractivity contribution in [1.82, 2.24) is 4.57 Å². The van der Waals surface area contributed by atoms with Gasteiger partial charge in [-0.1, -0.05) is 52.0 Å². The van der Waals surface area contributed by atoms with Crippen LogP contribution in [-0.2, 0) is 6.54 Å². The molecule has 2 nitrogen and oxygen atoms in total. The monoisotopic (exact) mass is 314 g/mol. The number of unbranched alkanes of at least 4 members (excludes halogenated alkanes) is 7. The van der Waals surface area contributed by atoms with Gasteiger partial charge in [0.1, 0.15) is 12.4 Å². The van der Waals surface area contributed by atoms with Crippen LogP contribution in [0, 0.1) is 0 Å². The summed E-state index contributed by atoms with van der Waals surface area (Å²) in [5, 5.41) is 0. The molecule has 0 spiro atoms. The van der Waals surface area contributed by atoms with E-state index < -0.39 is 0 Å². The number of aromatic nitrogens is 2. The fourth-order valence-electron chi connectivity index (χ4n) is 2.08. The summed E-state index contributed by atoms with van der Waals surface area (Å²) in [5.74, 6) is 0. The van der Waals surface area contributed by atoms with Crippen LogP contribution in [0.25, 0.3) is 6.20 Å². The van der Waals surface area contributed by atoms with Gasteiger partial charge in [0.25, 0.3) is 0 Å². The van der Waals surface area contributed by atoms with Crippen molar-refractivity contribution in [2.75, 3.05) is 0 Å². The maximum Gasteiger partial charge on any atom is 0.248 e. The zero-order chi connectivity index (χ0) is 12.3. The second kappa shape index (κ2) is 11.5. The van der Waals surface area contributed by atoms with Gasteiger partial charge in [-0.05, 0) is 12.8 Å². The molecule has 18 heavy (non-hydrogen) atoms. The Morgan fingerprint density at radius 3 is 2.22 bits per heavy atom. The highest BCUT2D eigenvalue weighted by Gasteiger charge is 2.00. The summed E-state index contributed by atoms with van der Waals surface area (Å²) < 4.78 is 4.23. The first-order chi connectivity index (χ1) is 8.36. The molecule has 0 aliphatic carbocycles. The molecule has 0 atom stereocenters. The molecule has 0 saturated carbocycles. The Morgan fingerprint density at radius 1 is 1.06 bits per heavy atom. The zero-order valence-corrected chi connectivity index (χ0v) is 13.2. The number of aryl methyl sites for hydroxylation is 1. The Balaban J connectivity index is 0.00000289. The van der Waals surface area contributed by atoms with Gasteiger partial charge in [-0.15, -0.1) is 0 Å². The van der Waals surface area contributed by atoms with Gasteiger partial charge >= 0.3 is 0 Å². The highest BCUT2D eigenvalue weighted by Crippen LogP contribution is 2.08. The van der Waals surface area contributed by atoms with Crippen molar-refractivity contribution in [2.45, 2.75) is 64.8 Å². The maximum atomic E-state index is 3.74. The van der Waals surface area contributed by atoms with E-state index in [4.69, 9.17) is 0 Å². The molecule has 0 saturated heterocycles. The third-order valence-electron chi connectivity index (χ3n) is 3.19. The first-order valence-corrected chi connectivity index (χ1v) is 7.06. The van der Waals surface area contributed by atoms with Crippen molar-refractivity contribution >= 4 is 6.20 Å². The van der Waals surface area contributed by atoms with Gasteiger partial charge in [-0.2, -0.15) is 0 Å². The van der Waals surface area contributed by atoms with Gasteiger partial charge in [0.05, 0.1) is 12.7 Å². The molecule has 104 valence electrons. The minimum absolute atomic E-state index is 0. The van der Waals surface area contributed by atoms with Gasteiger partial charge in [0.2, 0.25) is 6.33 Å². The smallest absolute Gasteiger partial charge is 0.248 e. The van der Waals surface area contributed by atoms with E-state index in [0.717, 1.165) is 6.54 Å². The summed E-state index contributed by atoms with van der Waals surface area (Å²) in [4.78, 5) is 0. The van der Waals surface area contributed by atoms with Crippen LogP contribution in [0.1, 0.15) is 58.3 Å². The fraction of sp³-hybridized carbons (Fsp3) is 0.667. The Labute approximate surface area is 122 Å². The molecule has 0 amide bonds. The third kappa shape index (κ3) is 7.70. The van der Waals surface area contributed by atoms with Gasteiger partial charge in [0, 0.05) is 0 Å². The van der Waals surface area contributed by atoms with Gasteiger partial charge in [-0.25, -0.2) is 9.13 Å². The summed E-state index contributed by atoms with van der Waals surface area (Å²) >= 11 is 0. The maximum absolute atomic E-state index is 3.74. The van der Waals surface area contributed by atoms with Crippen LogP contribution in [-0.4, -0.2) is 4.57 Å². The summed E-state index contributed by atoms with van der Waals surface area (Å²) in [6.07, 6.45) is 19.1. The van der Waals surface area contributed by atoms with E-state index in [1.807, 2.05) is 17.0 Å². The number of imidazole rings is 1. The molecule has 0 N–H and O–H groups in total. The summed E-state index contributed by atoms with van der Waals surface area (Å²) in [6.45, 7) is 7.14. The average Bonchev–Trinajstić information content (AvgIpc) is 2.80. The Bertz CT molecular complexity index is 307. The molecule has 1 rings (SSSR count). The Hall–Kier alpha value is -0.570. The molecule has 0 aromatic carbocycles. The predicted octanol–water partition coefficient (Wildman–Crippen LogP) is 1.02. The van der Waals surface area contributed by atoms with Gasteiger partial charge in [-0.3, -0.25) is 0 Å². The van der Waals surface area contributed by atoms with Gasteiger partial charge in [0.15, 0.2) is 0 Å². The molecule has 0 radical (unpaired) electrons. The molecule has 0 unspecified atom stereocenters. The molecule has 0 bridgehead atoms. The van der Waals surface area contributed by atoms with Crippen LogP contribution in [0.3, 0.4) is 0 Å². The number of halogens is 1. The van der Waals surface area contributed by atoms with E-state index >= 15 is 0 Å². The zero-order valence-electron chi connectivity index (χ0n) is 11.7. The van der Waals surface area contributed by atoms with Crippen LogP contribution in [0.5, 0.6) is 0 Å². The number of hydrogen-bond donors (Lipinski definition) is 0. The molecule has 0 fully saturated rings. The second-order valence-corrected chi connectivity index (χ2v) is 4.76. The molecule has 1 aromatic heterocycles. The minimum Gasteiger partial charge on any atom is -1.00 e. The van der Waals surface area contributed by atoms with Crippen molar-refractivity contribution in [3.8, 4) is 0 Å². The third-order valence-corrected chi connectivity index (χ3v) is 3.19. The predicted molar refractivity (Wildman–Crippen MR) is 73.6 cm³/mol. The van der Waals surface area contributed by atoms with Crippen molar-refractivity contribution in [3.05, 3.63) is 25.3 Å². The molecular weight excluding hydrogens is 288 g/mol. The van der Waals surface area contributed by atoms with Crippen LogP contribution in [0.2, 0.25) is 0 Å². The van der Waals surface area contributed by atoms with Gasteiger partial charge < -0.3 is 17.0 Å². The van der Waals surface area contributed by atoms with Crippen molar-refractivity contribution in [1.29, 1.82) is 0 Å². The van der Waals surface area contributed by atoms with Crippen LogP contribution in [0.4, 0.5) is 0 Å².